The van der Waals surface area contributed by atoms with Crippen LogP contribution in [0.4, 0.5) is 0 Å². The third-order valence-corrected chi connectivity index (χ3v) is 2.35. The van der Waals surface area contributed by atoms with Gasteiger partial charge in [0.1, 0.15) is 3.74 Å². The molecule has 0 aliphatic carbocycles. The van der Waals surface area contributed by atoms with Crippen molar-refractivity contribution in [2.24, 2.45) is 0 Å². The molecule has 0 spiro atoms. The zero-order valence-corrected chi connectivity index (χ0v) is 9.40. The molecule has 1 N–H and O–H groups in total. The molecule has 2 nitrogen and oxygen atoms in total. The fourth-order valence-electron chi connectivity index (χ4n) is 0.697. The van der Waals surface area contributed by atoms with Crippen LogP contribution < -0.4 is 0 Å². The van der Waals surface area contributed by atoms with Crippen molar-refractivity contribution >= 4 is 37.6 Å². The van der Waals surface area contributed by atoms with E-state index in [2.05, 4.69) is 31.9 Å². The second kappa shape index (κ2) is 7.25. The second-order valence-electron chi connectivity index (χ2n) is 2.30. The molecule has 0 saturated carbocycles. The number of aliphatic hydroxyl groups excluding tert-OH is 1. The number of aliphatic hydroxyl groups is 1. The van der Waals surface area contributed by atoms with Gasteiger partial charge in [-0.05, 0) is 12.8 Å². The van der Waals surface area contributed by atoms with Crippen LogP contribution in [0.25, 0.3) is 0 Å². The summed E-state index contributed by atoms with van der Waals surface area (Å²) in [6.45, 7) is 0.222. The monoisotopic (exact) mass is 286 g/mol. The molecule has 66 valence electrons. The summed E-state index contributed by atoms with van der Waals surface area (Å²) in [6, 6.07) is 0. The average molecular weight is 288 g/mol. The Labute approximate surface area is 83.6 Å². The van der Waals surface area contributed by atoms with Gasteiger partial charge in [0.05, 0.1) is 0 Å². The molecular weight excluding hydrogens is 276 g/mol. The van der Waals surface area contributed by atoms with E-state index in [-0.39, 0.29) is 16.1 Å². The van der Waals surface area contributed by atoms with Gasteiger partial charge in [0.25, 0.3) is 0 Å². The van der Waals surface area contributed by atoms with Crippen molar-refractivity contribution in [2.75, 3.05) is 6.61 Å². The van der Waals surface area contributed by atoms with E-state index in [9.17, 15) is 4.79 Å². The molecule has 0 heterocycles. The topological polar surface area (TPSA) is 37.3 Å². The Morgan fingerprint density at radius 2 is 1.91 bits per heavy atom. The number of rotatable bonds is 6. The highest BCUT2D eigenvalue weighted by Gasteiger charge is 2.08. The van der Waals surface area contributed by atoms with Gasteiger partial charge in [-0.3, -0.25) is 4.79 Å². The van der Waals surface area contributed by atoms with Gasteiger partial charge in [0.2, 0.25) is 0 Å². The predicted molar refractivity (Wildman–Crippen MR) is 52.2 cm³/mol. The van der Waals surface area contributed by atoms with E-state index in [1.54, 1.807) is 0 Å². The highest BCUT2D eigenvalue weighted by molar-refractivity contribution is 9.25. The Balaban J connectivity index is 3.18. The maximum atomic E-state index is 10.9. The summed E-state index contributed by atoms with van der Waals surface area (Å²) >= 11 is 6.25. The van der Waals surface area contributed by atoms with Crippen molar-refractivity contribution in [3.63, 3.8) is 0 Å². The Kier molecular flexibility index (Phi) is 7.64. The number of carbonyl (C=O) groups is 1. The lowest BCUT2D eigenvalue weighted by Crippen LogP contribution is -2.05. The van der Waals surface area contributed by atoms with Crippen molar-refractivity contribution in [3.8, 4) is 0 Å². The first-order valence-electron chi connectivity index (χ1n) is 3.60. The maximum absolute atomic E-state index is 10.9. The van der Waals surface area contributed by atoms with E-state index < -0.39 is 0 Å². The first kappa shape index (κ1) is 11.6. The van der Waals surface area contributed by atoms with Crippen LogP contribution in [0.1, 0.15) is 25.7 Å². The summed E-state index contributed by atoms with van der Waals surface area (Å²) in [6.07, 6.45) is 3.17. The quantitative estimate of drug-likeness (QED) is 0.601. The lowest BCUT2D eigenvalue weighted by Gasteiger charge is -1.99. The molecule has 11 heavy (non-hydrogen) atoms. The summed E-state index contributed by atoms with van der Waals surface area (Å²) in [5.74, 6) is 0.169. The Morgan fingerprint density at radius 1 is 1.27 bits per heavy atom. The molecule has 0 atom stereocenters. The summed E-state index contributed by atoms with van der Waals surface area (Å²) < 4.78 is -0.205. The van der Waals surface area contributed by atoms with Gasteiger partial charge < -0.3 is 5.11 Å². The zero-order chi connectivity index (χ0) is 8.69. The van der Waals surface area contributed by atoms with Crippen LogP contribution in [-0.2, 0) is 4.79 Å². The van der Waals surface area contributed by atoms with Crippen molar-refractivity contribution < 1.29 is 9.90 Å². The zero-order valence-electron chi connectivity index (χ0n) is 6.22. The number of Topliss-reactive ketones (excluding diaryl/α,β-unsaturated/α-hetero) is 1. The van der Waals surface area contributed by atoms with Gasteiger partial charge >= 0.3 is 0 Å². The molecule has 0 saturated heterocycles. The lowest BCUT2D eigenvalue weighted by molar-refractivity contribution is -0.117. The third-order valence-electron chi connectivity index (χ3n) is 1.32. The minimum absolute atomic E-state index is 0.169. The Bertz CT molecular complexity index is 115. The van der Waals surface area contributed by atoms with Gasteiger partial charge in [-0.1, -0.05) is 38.3 Å². The van der Waals surface area contributed by atoms with Gasteiger partial charge in [0.15, 0.2) is 5.78 Å². The smallest absolute Gasteiger partial charge is 0.157 e. The normalized spacial score (nSPS) is 10.5. The van der Waals surface area contributed by atoms with Crippen molar-refractivity contribution in [1.29, 1.82) is 0 Å². The molecule has 0 radical (unpaired) electrons. The number of halogens is 2. The number of carbonyl (C=O) groups excluding carboxylic acids is 1. The van der Waals surface area contributed by atoms with E-state index in [1.165, 1.54) is 0 Å². The summed E-state index contributed by atoms with van der Waals surface area (Å²) in [5.41, 5.74) is 0. The average Bonchev–Trinajstić information content (AvgIpc) is 1.97. The molecule has 0 rings (SSSR count). The Morgan fingerprint density at radius 3 is 2.36 bits per heavy atom. The fourth-order valence-corrected chi connectivity index (χ4v) is 1.15. The Hall–Kier alpha value is 0.590. The van der Waals surface area contributed by atoms with E-state index >= 15 is 0 Å². The SMILES string of the molecule is O=C(CCCCCO)C(Br)Br. The summed E-state index contributed by atoms with van der Waals surface area (Å²) in [5, 5.41) is 8.44. The van der Waals surface area contributed by atoms with Crippen molar-refractivity contribution in [2.45, 2.75) is 29.4 Å². The number of hydrogen-bond donors (Lipinski definition) is 1. The molecule has 0 aromatic rings. The third kappa shape index (κ3) is 6.97. The standard InChI is InChI=1S/C7H12Br2O2/c8-7(9)6(11)4-2-1-3-5-10/h7,10H,1-5H2. The van der Waals surface area contributed by atoms with E-state index in [0.29, 0.717) is 6.42 Å². The molecule has 0 aliphatic heterocycles. The van der Waals surface area contributed by atoms with Gasteiger partial charge in [-0.2, -0.15) is 0 Å². The van der Waals surface area contributed by atoms with Gasteiger partial charge in [-0.15, -0.1) is 0 Å². The van der Waals surface area contributed by atoms with Crippen LogP contribution in [0.5, 0.6) is 0 Å². The lowest BCUT2D eigenvalue weighted by atomic mass is 10.1. The number of ketones is 1. The predicted octanol–water partition coefficient (Wildman–Crippen LogP) is 2.22. The highest BCUT2D eigenvalue weighted by atomic mass is 79.9. The van der Waals surface area contributed by atoms with Crippen LogP contribution in [0, 0.1) is 0 Å². The summed E-state index contributed by atoms with van der Waals surface area (Å²) in [7, 11) is 0. The van der Waals surface area contributed by atoms with E-state index in [1.807, 2.05) is 0 Å². The fraction of sp³-hybridized carbons (Fsp3) is 0.857. The van der Waals surface area contributed by atoms with Crippen LogP contribution in [0.3, 0.4) is 0 Å². The molecule has 0 aliphatic rings. The van der Waals surface area contributed by atoms with E-state index in [0.717, 1.165) is 19.3 Å². The van der Waals surface area contributed by atoms with Crippen molar-refractivity contribution in [1.82, 2.24) is 0 Å². The minimum atomic E-state index is -0.205. The molecule has 0 bridgehead atoms. The second-order valence-corrected chi connectivity index (χ2v) is 5.36. The molecule has 0 fully saturated rings. The molecule has 0 aromatic heterocycles. The maximum Gasteiger partial charge on any atom is 0.157 e. The molecule has 4 heteroatoms. The van der Waals surface area contributed by atoms with Gasteiger partial charge in [0, 0.05) is 13.0 Å². The number of alkyl halides is 2. The van der Waals surface area contributed by atoms with Crippen LogP contribution in [0.15, 0.2) is 0 Å². The minimum Gasteiger partial charge on any atom is -0.396 e. The summed E-state index contributed by atoms with van der Waals surface area (Å²) in [4.78, 5) is 10.9. The van der Waals surface area contributed by atoms with Crippen molar-refractivity contribution in [3.05, 3.63) is 0 Å². The molecule has 0 aromatic carbocycles. The number of unbranched alkanes of at least 4 members (excludes halogenated alkanes) is 2. The van der Waals surface area contributed by atoms with Crippen LogP contribution in [0.2, 0.25) is 0 Å². The first-order chi connectivity index (χ1) is 5.18. The molecule has 0 unspecified atom stereocenters. The van der Waals surface area contributed by atoms with Crippen LogP contribution in [-0.4, -0.2) is 21.2 Å². The van der Waals surface area contributed by atoms with Gasteiger partial charge in [-0.25, -0.2) is 0 Å². The highest BCUT2D eigenvalue weighted by Crippen LogP contribution is 2.13. The van der Waals surface area contributed by atoms with Crippen LogP contribution >= 0.6 is 31.9 Å². The molecule has 0 amide bonds. The first-order valence-corrected chi connectivity index (χ1v) is 5.43. The largest absolute Gasteiger partial charge is 0.396 e. The molecular formula is C7H12Br2O2. The van der Waals surface area contributed by atoms with E-state index in [4.69, 9.17) is 5.11 Å². The number of hydrogen-bond acceptors (Lipinski definition) is 2.